The van der Waals surface area contributed by atoms with E-state index in [1.165, 1.54) is 0 Å². The molecule has 0 rings (SSSR count). The van der Waals surface area contributed by atoms with Crippen molar-refractivity contribution < 1.29 is 0 Å². The van der Waals surface area contributed by atoms with Gasteiger partial charge in [-0.3, -0.25) is 0 Å². The van der Waals surface area contributed by atoms with Crippen LogP contribution in [0.3, 0.4) is 0 Å². The smallest absolute Gasteiger partial charge is 0.0682 e. The van der Waals surface area contributed by atoms with Crippen molar-refractivity contribution in [3.63, 3.8) is 0 Å². The number of allylic oxidation sites excluding steroid dienone is 4. The molecule has 0 aliphatic heterocycles. The van der Waals surface area contributed by atoms with E-state index in [1.54, 1.807) is 13.0 Å². The molecular formula is C9H13Cl2NS. The molecule has 0 aliphatic carbocycles. The van der Waals surface area contributed by atoms with Crippen molar-refractivity contribution in [1.29, 1.82) is 0 Å². The van der Waals surface area contributed by atoms with Crippen molar-refractivity contribution in [2.24, 2.45) is 5.73 Å². The molecule has 0 unspecified atom stereocenters. The van der Waals surface area contributed by atoms with Gasteiger partial charge in [-0.1, -0.05) is 36.2 Å². The van der Waals surface area contributed by atoms with Crippen LogP contribution in [0.5, 0.6) is 0 Å². The topological polar surface area (TPSA) is 26.0 Å². The minimum absolute atomic E-state index is 0.428. The number of thiol groups is 1. The maximum Gasteiger partial charge on any atom is 0.0682 e. The van der Waals surface area contributed by atoms with Gasteiger partial charge in [0.2, 0.25) is 0 Å². The molecule has 0 spiro atoms. The highest BCUT2D eigenvalue weighted by molar-refractivity contribution is 7.85. The van der Waals surface area contributed by atoms with Crippen LogP contribution >= 0.6 is 35.8 Å². The molecule has 0 heterocycles. The molecule has 0 radical (unpaired) electrons. The van der Waals surface area contributed by atoms with Crippen molar-refractivity contribution in [3.05, 3.63) is 32.8 Å². The van der Waals surface area contributed by atoms with Crippen molar-refractivity contribution in [2.75, 3.05) is 0 Å². The molecule has 0 aromatic carbocycles. The molecule has 0 saturated heterocycles. The second-order valence-corrected chi connectivity index (χ2v) is 3.92. The largest absolute Gasteiger partial charge is 0.399 e. The minimum atomic E-state index is 0.428. The quantitative estimate of drug-likeness (QED) is 0.568. The number of halogens is 2. The van der Waals surface area contributed by atoms with Crippen LogP contribution in [-0.4, -0.2) is 0 Å². The van der Waals surface area contributed by atoms with Crippen LogP contribution in [0.4, 0.5) is 0 Å². The molecule has 0 aromatic heterocycles. The predicted octanol–water partition coefficient (Wildman–Crippen LogP) is 3.76. The summed E-state index contributed by atoms with van der Waals surface area (Å²) in [5.41, 5.74) is 6.28. The lowest BCUT2D eigenvalue weighted by Gasteiger charge is -1.99. The van der Waals surface area contributed by atoms with Gasteiger partial charge in [-0.15, -0.1) is 12.6 Å². The highest BCUT2D eigenvalue weighted by Crippen LogP contribution is 2.24. The van der Waals surface area contributed by atoms with E-state index in [0.29, 0.717) is 20.7 Å². The fourth-order valence-corrected chi connectivity index (χ4v) is 1.23. The summed E-state index contributed by atoms with van der Waals surface area (Å²) in [6, 6.07) is 0. The Bertz CT molecular complexity index is 263. The van der Waals surface area contributed by atoms with Crippen LogP contribution in [0.2, 0.25) is 0 Å². The number of hydrogen-bond acceptors (Lipinski definition) is 2. The normalized spacial score (nSPS) is 15.8. The van der Waals surface area contributed by atoms with Gasteiger partial charge in [-0.05, 0) is 19.4 Å². The van der Waals surface area contributed by atoms with Gasteiger partial charge in [0.15, 0.2) is 0 Å². The third kappa shape index (κ3) is 5.29. The Morgan fingerprint density at radius 1 is 1.46 bits per heavy atom. The highest BCUT2D eigenvalue weighted by Gasteiger charge is 2.00. The summed E-state index contributed by atoms with van der Waals surface area (Å²) in [5, 5.41) is 0.935. The Hall–Kier alpha value is -0.0500. The van der Waals surface area contributed by atoms with Gasteiger partial charge in [0, 0.05) is 15.6 Å². The van der Waals surface area contributed by atoms with E-state index >= 15 is 0 Å². The lowest BCUT2D eigenvalue weighted by molar-refractivity contribution is 1.18. The molecule has 0 aromatic rings. The van der Waals surface area contributed by atoms with Crippen LogP contribution < -0.4 is 5.73 Å². The van der Waals surface area contributed by atoms with E-state index in [-0.39, 0.29) is 0 Å². The lowest BCUT2D eigenvalue weighted by atomic mass is 10.3. The summed E-state index contributed by atoms with van der Waals surface area (Å²) >= 11 is 15.7. The first kappa shape index (κ1) is 12.9. The zero-order valence-corrected chi connectivity index (χ0v) is 10.0. The number of hydrogen-bond donors (Lipinski definition) is 2. The summed E-state index contributed by atoms with van der Waals surface area (Å²) in [7, 11) is 0. The fraction of sp³-hybridized carbons (Fsp3) is 0.333. The first-order valence-electron chi connectivity index (χ1n) is 3.87. The number of rotatable bonds is 3. The first-order chi connectivity index (χ1) is 5.99. The van der Waals surface area contributed by atoms with Gasteiger partial charge >= 0.3 is 0 Å². The summed E-state index contributed by atoms with van der Waals surface area (Å²) in [5.74, 6) is 0. The highest BCUT2D eigenvalue weighted by atomic mass is 35.5. The molecule has 13 heavy (non-hydrogen) atoms. The predicted molar refractivity (Wildman–Crippen MR) is 64.0 cm³/mol. The Kier molecular flexibility index (Phi) is 6.39. The summed E-state index contributed by atoms with van der Waals surface area (Å²) in [6.07, 6.45) is 4.44. The first-order valence-corrected chi connectivity index (χ1v) is 5.07. The van der Waals surface area contributed by atoms with E-state index < -0.39 is 0 Å². The molecule has 4 heteroatoms. The van der Waals surface area contributed by atoms with Crippen LogP contribution in [0, 0.1) is 0 Å². The second kappa shape index (κ2) is 6.41. The van der Waals surface area contributed by atoms with Crippen molar-refractivity contribution in [3.8, 4) is 0 Å². The van der Waals surface area contributed by atoms with Crippen LogP contribution in [0.15, 0.2) is 32.8 Å². The van der Waals surface area contributed by atoms with Gasteiger partial charge in [0.25, 0.3) is 0 Å². The SMILES string of the molecule is CC/C=C(N)/C=C(S)\C(Cl)=C(/C)Cl. The van der Waals surface area contributed by atoms with Gasteiger partial charge in [0.05, 0.1) is 5.03 Å². The average Bonchev–Trinajstić information content (AvgIpc) is 2.03. The fourth-order valence-electron chi connectivity index (χ4n) is 0.692. The van der Waals surface area contributed by atoms with Gasteiger partial charge in [-0.25, -0.2) is 0 Å². The average molecular weight is 238 g/mol. The molecule has 0 atom stereocenters. The van der Waals surface area contributed by atoms with Crippen molar-refractivity contribution >= 4 is 35.8 Å². The van der Waals surface area contributed by atoms with Crippen molar-refractivity contribution in [2.45, 2.75) is 20.3 Å². The molecular weight excluding hydrogens is 225 g/mol. The summed E-state index contributed by atoms with van der Waals surface area (Å²) in [6.45, 7) is 3.71. The van der Waals surface area contributed by atoms with E-state index in [1.807, 2.05) is 13.0 Å². The van der Waals surface area contributed by atoms with Gasteiger partial charge < -0.3 is 5.73 Å². The third-order valence-corrected chi connectivity index (χ3v) is 2.53. The monoisotopic (exact) mass is 237 g/mol. The Morgan fingerprint density at radius 3 is 2.38 bits per heavy atom. The summed E-state index contributed by atoms with van der Waals surface area (Å²) in [4.78, 5) is 0.580. The van der Waals surface area contributed by atoms with Crippen LogP contribution in [0.1, 0.15) is 20.3 Å². The van der Waals surface area contributed by atoms with Crippen LogP contribution in [0.25, 0.3) is 0 Å². The maximum atomic E-state index is 5.83. The summed E-state index contributed by atoms with van der Waals surface area (Å²) < 4.78 is 0. The van der Waals surface area contributed by atoms with E-state index in [4.69, 9.17) is 28.9 Å². The second-order valence-electron chi connectivity index (χ2n) is 2.49. The molecule has 74 valence electrons. The standard InChI is InChI=1S/C9H13Cl2NS/c1-3-4-7(12)5-8(13)9(11)6(2)10/h4-5,13H,3,12H2,1-2H3/b7-4-,8-5+,9-6-. The third-order valence-electron chi connectivity index (χ3n) is 1.27. The molecule has 0 bridgehead atoms. The van der Waals surface area contributed by atoms with E-state index in [9.17, 15) is 0 Å². The van der Waals surface area contributed by atoms with Gasteiger partial charge in [-0.2, -0.15) is 0 Å². The number of nitrogens with two attached hydrogens (primary N) is 1. The minimum Gasteiger partial charge on any atom is -0.399 e. The van der Waals surface area contributed by atoms with E-state index in [2.05, 4.69) is 12.6 Å². The Balaban J connectivity index is 4.70. The lowest BCUT2D eigenvalue weighted by Crippen LogP contribution is -1.93. The molecule has 0 fully saturated rings. The molecule has 0 aliphatic rings. The molecule has 1 nitrogen and oxygen atoms in total. The zero-order valence-electron chi connectivity index (χ0n) is 7.64. The van der Waals surface area contributed by atoms with Crippen molar-refractivity contribution in [1.82, 2.24) is 0 Å². The van der Waals surface area contributed by atoms with Crippen LogP contribution in [-0.2, 0) is 0 Å². The molecule has 0 amide bonds. The Labute approximate surface area is 94.7 Å². The molecule has 0 saturated carbocycles. The Morgan fingerprint density at radius 2 is 2.00 bits per heavy atom. The maximum absolute atomic E-state index is 5.83. The van der Waals surface area contributed by atoms with Gasteiger partial charge in [0.1, 0.15) is 0 Å². The van der Waals surface area contributed by atoms with E-state index in [0.717, 1.165) is 6.42 Å². The zero-order chi connectivity index (χ0) is 10.4. The molecule has 2 N–H and O–H groups in total.